The van der Waals surface area contributed by atoms with Crippen molar-refractivity contribution in [3.05, 3.63) is 83.4 Å². The number of piperazine rings is 1. The molecular formula is C26H26N2O2. The van der Waals surface area contributed by atoms with Crippen LogP contribution < -0.4 is 9.64 Å². The number of nitrogens with zero attached hydrogens (tertiary/aromatic N) is 2. The molecule has 1 heterocycles. The summed E-state index contributed by atoms with van der Waals surface area (Å²) in [6.07, 6.45) is 0.963. The van der Waals surface area contributed by atoms with Crippen LogP contribution in [0.4, 0.5) is 5.69 Å². The fourth-order valence-corrected chi connectivity index (χ4v) is 4.63. The van der Waals surface area contributed by atoms with Gasteiger partial charge >= 0.3 is 0 Å². The van der Waals surface area contributed by atoms with Crippen LogP contribution >= 0.6 is 0 Å². The maximum Gasteiger partial charge on any atom is 0.176 e. The van der Waals surface area contributed by atoms with Gasteiger partial charge in [0.2, 0.25) is 0 Å². The van der Waals surface area contributed by atoms with Crippen LogP contribution in [0.2, 0.25) is 0 Å². The van der Waals surface area contributed by atoms with Crippen molar-refractivity contribution in [1.82, 2.24) is 4.90 Å². The van der Waals surface area contributed by atoms with Crippen LogP contribution in [0.15, 0.2) is 66.7 Å². The molecule has 1 aliphatic carbocycles. The normalized spacial score (nSPS) is 15.6. The molecule has 1 aliphatic heterocycles. The first kappa shape index (κ1) is 18.9. The predicted molar refractivity (Wildman–Crippen MR) is 121 cm³/mol. The van der Waals surface area contributed by atoms with Crippen molar-refractivity contribution < 1.29 is 9.53 Å². The lowest BCUT2D eigenvalue weighted by Gasteiger charge is -2.36. The number of methoxy groups -OCH3 is 1. The Morgan fingerprint density at radius 3 is 2.43 bits per heavy atom. The average Bonchev–Trinajstić information content (AvgIpc) is 3.17. The summed E-state index contributed by atoms with van der Waals surface area (Å²) in [4.78, 5) is 17.6. The molecule has 3 aromatic rings. The van der Waals surface area contributed by atoms with Gasteiger partial charge in [0.1, 0.15) is 5.75 Å². The smallest absolute Gasteiger partial charge is 0.176 e. The van der Waals surface area contributed by atoms with Crippen LogP contribution in [0.3, 0.4) is 0 Å². The third-order valence-corrected chi connectivity index (χ3v) is 6.29. The average molecular weight is 399 g/mol. The number of carbonyl (C=O) groups is 1. The fraction of sp³-hybridized carbons (Fsp3) is 0.269. The van der Waals surface area contributed by atoms with Crippen molar-refractivity contribution in [3.8, 4) is 16.9 Å². The van der Waals surface area contributed by atoms with E-state index in [0.29, 0.717) is 6.54 Å². The molecule has 0 atom stereocenters. The van der Waals surface area contributed by atoms with Gasteiger partial charge in [-0.15, -0.1) is 0 Å². The molecule has 0 bridgehead atoms. The van der Waals surface area contributed by atoms with E-state index in [1.807, 2.05) is 24.3 Å². The number of carbonyl (C=O) groups excluding carboxylic acids is 1. The van der Waals surface area contributed by atoms with Gasteiger partial charge in [-0.25, -0.2) is 0 Å². The Balaban J connectivity index is 1.25. The Morgan fingerprint density at radius 1 is 0.867 bits per heavy atom. The summed E-state index contributed by atoms with van der Waals surface area (Å²) >= 11 is 0. The lowest BCUT2D eigenvalue weighted by atomic mass is 10.0. The first-order valence-electron chi connectivity index (χ1n) is 10.6. The molecular weight excluding hydrogens is 372 g/mol. The summed E-state index contributed by atoms with van der Waals surface area (Å²) in [6, 6.07) is 22.8. The van der Waals surface area contributed by atoms with Crippen LogP contribution in [-0.2, 0) is 6.42 Å². The van der Waals surface area contributed by atoms with E-state index >= 15 is 0 Å². The third kappa shape index (κ3) is 3.48. The maximum absolute atomic E-state index is 13.0. The van der Waals surface area contributed by atoms with Gasteiger partial charge in [0, 0.05) is 31.7 Å². The Kier molecular flexibility index (Phi) is 5.01. The summed E-state index contributed by atoms with van der Waals surface area (Å²) in [5.74, 6) is 1.10. The summed E-state index contributed by atoms with van der Waals surface area (Å²) in [5.41, 5.74) is 7.11. The highest BCUT2D eigenvalue weighted by Crippen LogP contribution is 2.37. The second-order valence-electron chi connectivity index (χ2n) is 8.06. The molecule has 0 saturated carbocycles. The second-order valence-corrected chi connectivity index (χ2v) is 8.06. The zero-order valence-corrected chi connectivity index (χ0v) is 17.3. The Morgan fingerprint density at radius 2 is 1.60 bits per heavy atom. The van der Waals surface area contributed by atoms with Gasteiger partial charge in [-0.3, -0.25) is 9.69 Å². The minimum atomic E-state index is 0.202. The molecule has 0 unspecified atom stereocenters. The highest BCUT2D eigenvalue weighted by atomic mass is 16.5. The van der Waals surface area contributed by atoms with Crippen molar-refractivity contribution >= 4 is 11.5 Å². The van der Waals surface area contributed by atoms with Crippen LogP contribution in [0.1, 0.15) is 21.5 Å². The lowest BCUT2D eigenvalue weighted by molar-refractivity contribution is 0.0926. The van der Waals surface area contributed by atoms with Gasteiger partial charge < -0.3 is 9.64 Å². The van der Waals surface area contributed by atoms with Crippen molar-refractivity contribution in [3.63, 3.8) is 0 Å². The molecule has 5 rings (SSSR count). The minimum absolute atomic E-state index is 0.202. The summed E-state index contributed by atoms with van der Waals surface area (Å²) in [5, 5.41) is 0. The zero-order chi connectivity index (χ0) is 20.5. The van der Waals surface area contributed by atoms with Gasteiger partial charge in [-0.1, -0.05) is 48.5 Å². The van der Waals surface area contributed by atoms with Crippen molar-refractivity contribution in [2.45, 2.75) is 6.42 Å². The number of hydrogen-bond acceptors (Lipinski definition) is 4. The van der Waals surface area contributed by atoms with Gasteiger partial charge in [0.25, 0.3) is 0 Å². The molecule has 3 aromatic carbocycles. The number of ether oxygens (including phenoxy) is 1. The van der Waals surface area contributed by atoms with Gasteiger partial charge in [-0.05, 0) is 46.9 Å². The Hall–Kier alpha value is -3.11. The molecule has 4 heteroatoms. The van der Waals surface area contributed by atoms with E-state index in [1.54, 1.807) is 7.11 Å². The van der Waals surface area contributed by atoms with E-state index in [4.69, 9.17) is 4.74 Å². The quantitative estimate of drug-likeness (QED) is 0.470. The molecule has 2 aliphatic rings. The van der Waals surface area contributed by atoms with E-state index in [-0.39, 0.29) is 5.78 Å². The summed E-state index contributed by atoms with van der Waals surface area (Å²) in [7, 11) is 1.71. The van der Waals surface area contributed by atoms with Gasteiger partial charge in [0.05, 0.1) is 19.3 Å². The zero-order valence-electron chi connectivity index (χ0n) is 17.3. The molecule has 0 spiro atoms. The number of hydrogen-bond donors (Lipinski definition) is 0. The number of rotatable bonds is 5. The monoisotopic (exact) mass is 398 g/mol. The van der Waals surface area contributed by atoms with Gasteiger partial charge in [0.15, 0.2) is 5.78 Å². The van der Waals surface area contributed by atoms with E-state index < -0.39 is 0 Å². The summed E-state index contributed by atoms with van der Waals surface area (Å²) < 4.78 is 5.50. The third-order valence-electron chi connectivity index (χ3n) is 6.29. The SMILES string of the molecule is COc1ccccc1N1CCN(CC(=O)c2ccc3c(c2)-c2ccccc2C3)CC1. The van der Waals surface area contributed by atoms with E-state index in [1.165, 1.54) is 22.3 Å². The predicted octanol–water partition coefficient (Wildman–Crippen LogP) is 4.27. The first-order valence-corrected chi connectivity index (χ1v) is 10.6. The largest absolute Gasteiger partial charge is 0.495 e. The Labute approximate surface area is 177 Å². The fourth-order valence-electron chi connectivity index (χ4n) is 4.63. The molecule has 0 aromatic heterocycles. The molecule has 4 nitrogen and oxygen atoms in total. The maximum atomic E-state index is 13.0. The lowest BCUT2D eigenvalue weighted by Crippen LogP contribution is -2.48. The molecule has 0 N–H and O–H groups in total. The van der Waals surface area contributed by atoms with E-state index in [0.717, 1.165) is 49.6 Å². The molecule has 1 fully saturated rings. The number of anilines is 1. The molecule has 0 amide bonds. The highest BCUT2D eigenvalue weighted by Gasteiger charge is 2.23. The van der Waals surface area contributed by atoms with Crippen molar-refractivity contribution in [2.24, 2.45) is 0 Å². The van der Waals surface area contributed by atoms with E-state index in [9.17, 15) is 4.79 Å². The van der Waals surface area contributed by atoms with Gasteiger partial charge in [-0.2, -0.15) is 0 Å². The van der Waals surface area contributed by atoms with Crippen LogP contribution in [-0.4, -0.2) is 50.5 Å². The van der Waals surface area contributed by atoms with Crippen molar-refractivity contribution in [2.75, 3.05) is 44.7 Å². The Bertz CT molecular complexity index is 1080. The van der Waals surface area contributed by atoms with Crippen LogP contribution in [0, 0.1) is 0 Å². The summed E-state index contributed by atoms with van der Waals surface area (Å²) in [6.45, 7) is 4.01. The van der Waals surface area contributed by atoms with Crippen LogP contribution in [0.5, 0.6) is 5.75 Å². The number of benzene rings is 3. The standard InChI is InChI=1S/C26H26N2O2/c1-30-26-9-5-4-8-24(26)28-14-12-27(13-15-28)18-25(29)21-11-10-20-16-19-6-2-3-7-22(19)23(20)17-21/h2-11,17H,12-16,18H2,1H3. The highest BCUT2D eigenvalue weighted by molar-refractivity contribution is 5.99. The number of para-hydroxylation sites is 2. The number of fused-ring (bicyclic) bond motifs is 3. The second kappa shape index (κ2) is 7.96. The first-order chi connectivity index (χ1) is 14.7. The molecule has 1 saturated heterocycles. The number of ketones is 1. The van der Waals surface area contributed by atoms with Crippen molar-refractivity contribution in [1.29, 1.82) is 0 Å². The van der Waals surface area contributed by atoms with Crippen LogP contribution in [0.25, 0.3) is 11.1 Å². The molecule has 152 valence electrons. The molecule has 30 heavy (non-hydrogen) atoms. The van der Waals surface area contributed by atoms with E-state index in [2.05, 4.69) is 52.3 Å². The number of Topliss-reactive ketones (excluding diaryl/α,β-unsaturated/α-hetero) is 1. The molecule has 0 radical (unpaired) electrons. The minimum Gasteiger partial charge on any atom is -0.495 e. The topological polar surface area (TPSA) is 32.8 Å².